The number of halogens is 4. The first-order valence-electron chi connectivity index (χ1n) is 9.05. The van der Waals surface area contributed by atoms with Gasteiger partial charge in [0.05, 0.1) is 16.8 Å². The van der Waals surface area contributed by atoms with Gasteiger partial charge < -0.3 is 4.42 Å². The van der Waals surface area contributed by atoms with E-state index in [0.717, 1.165) is 35.8 Å². The van der Waals surface area contributed by atoms with E-state index in [-0.39, 0.29) is 11.3 Å². The summed E-state index contributed by atoms with van der Waals surface area (Å²) < 4.78 is 58.9. The molecular formula is C22H16F4N2O. The zero-order chi connectivity index (χ0) is 20.4. The van der Waals surface area contributed by atoms with E-state index < -0.39 is 17.6 Å². The van der Waals surface area contributed by atoms with Crippen molar-refractivity contribution in [1.29, 1.82) is 0 Å². The van der Waals surface area contributed by atoms with Crippen LogP contribution < -0.4 is 0 Å². The molecular weight excluding hydrogens is 384 g/mol. The molecule has 2 aromatic heterocycles. The Balaban J connectivity index is 1.68. The van der Waals surface area contributed by atoms with Crippen LogP contribution in [0.3, 0.4) is 0 Å². The first-order valence-corrected chi connectivity index (χ1v) is 9.05. The average Bonchev–Trinajstić information content (AvgIpc) is 3.16. The van der Waals surface area contributed by atoms with Crippen LogP contribution in [0.4, 0.5) is 17.6 Å². The summed E-state index contributed by atoms with van der Waals surface area (Å²) in [6.07, 6.45) is 2.09. The van der Waals surface area contributed by atoms with Crippen molar-refractivity contribution in [2.45, 2.75) is 19.0 Å². The van der Waals surface area contributed by atoms with Gasteiger partial charge in [0.25, 0.3) is 0 Å². The molecule has 3 nitrogen and oxygen atoms in total. The first-order chi connectivity index (χ1) is 13.9. The van der Waals surface area contributed by atoms with E-state index in [1.165, 1.54) is 12.1 Å². The molecule has 0 spiro atoms. The molecule has 3 aromatic rings. The average molecular weight is 400 g/mol. The molecule has 1 aliphatic rings. The number of rotatable bonds is 3. The summed E-state index contributed by atoms with van der Waals surface area (Å²) in [7, 11) is 0. The molecule has 0 amide bonds. The zero-order valence-electron chi connectivity index (χ0n) is 15.2. The predicted molar refractivity (Wildman–Crippen MR) is 102 cm³/mol. The number of hydrogen-bond donors (Lipinski definition) is 0. The fourth-order valence-electron chi connectivity index (χ4n) is 3.29. The van der Waals surface area contributed by atoms with Gasteiger partial charge in [0, 0.05) is 24.5 Å². The fourth-order valence-corrected chi connectivity index (χ4v) is 3.29. The second-order valence-electron chi connectivity index (χ2n) is 6.61. The number of allylic oxidation sites excluding steroid dienone is 1. The molecule has 0 saturated heterocycles. The van der Waals surface area contributed by atoms with Gasteiger partial charge in [-0.25, -0.2) is 4.39 Å². The topological polar surface area (TPSA) is 38.4 Å². The van der Waals surface area contributed by atoms with Crippen LogP contribution in [0.1, 0.15) is 29.7 Å². The van der Waals surface area contributed by atoms with Crippen LogP contribution in [0.5, 0.6) is 0 Å². The van der Waals surface area contributed by atoms with Crippen molar-refractivity contribution < 1.29 is 22.0 Å². The van der Waals surface area contributed by atoms with Gasteiger partial charge in [-0.1, -0.05) is 6.07 Å². The van der Waals surface area contributed by atoms with E-state index in [4.69, 9.17) is 4.42 Å². The maximum absolute atomic E-state index is 14.4. The van der Waals surface area contributed by atoms with Crippen molar-refractivity contribution in [1.82, 2.24) is 4.98 Å². The minimum atomic E-state index is -4.77. The molecule has 3 heterocycles. The third kappa shape index (κ3) is 3.99. The summed E-state index contributed by atoms with van der Waals surface area (Å²) in [5, 5.41) is 0. The summed E-state index contributed by atoms with van der Waals surface area (Å²) in [5.74, 6) is -0.884. The molecule has 0 atom stereocenters. The van der Waals surface area contributed by atoms with Gasteiger partial charge in [-0.3, -0.25) is 9.98 Å². The van der Waals surface area contributed by atoms with Crippen molar-refractivity contribution in [3.05, 3.63) is 83.1 Å². The highest BCUT2D eigenvalue weighted by Crippen LogP contribution is 2.36. The van der Waals surface area contributed by atoms with Crippen LogP contribution >= 0.6 is 0 Å². The highest BCUT2D eigenvalue weighted by molar-refractivity contribution is 6.15. The van der Waals surface area contributed by atoms with Crippen molar-refractivity contribution in [3.8, 4) is 11.3 Å². The fraction of sp³-hybridized carbons (Fsp3) is 0.182. The third-order valence-corrected chi connectivity index (χ3v) is 4.63. The normalized spacial score (nSPS) is 16.1. The third-order valence-electron chi connectivity index (χ3n) is 4.63. The highest BCUT2D eigenvalue weighted by Gasteiger charge is 2.35. The monoisotopic (exact) mass is 400 g/mol. The maximum Gasteiger partial charge on any atom is 0.419 e. The molecule has 7 heteroatoms. The van der Waals surface area contributed by atoms with Crippen LogP contribution in [0.15, 0.2) is 69.8 Å². The molecule has 0 bridgehead atoms. The minimum absolute atomic E-state index is 0.0381. The van der Waals surface area contributed by atoms with Crippen LogP contribution in [0.2, 0.25) is 0 Å². The Morgan fingerprint density at radius 2 is 1.90 bits per heavy atom. The van der Waals surface area contributed by atoms with Gasteiger partial charge in [-0.15, -0.1) is 0 Å². The number of hydrogen-bond acceptors (Lipinski definition) is 3. The maximum atomic E-state index is 14.4. The molecule has 1 aromatic carbocycles. The summed E-state index contributed by atoms with van der Waals surface area (Å²) >= 11 is 0. The number of aliphatic imine (C=N–C) groups is 1. The van der Waals surface area contributed by atoms with E-state index in [1.807, 2.05) is 12.1 Å². The van der Waals surface area contributed by atoms with Crippen LogP contribution in [-0.2, 0) is 6.18 Å². The number of furan rings is 1. The number of pyridine rings is 1. The lowest BCUT2D eigenvalue weighted by molar-refractivity contribution is -0.139. The minimum Gasteiger partial charge on any atom is -0.457 e. The Kier molecular flexibility index (Phi) is 5.05. The highest BCUT2D eigenvalue weighted by atomic mass is 19.4. The number of benzene rings is 1. The van der Waals surface area contributed by atoms with Gasteiger partial charge in [-0.2, -0.15) is 13.2 Å². The molecule has 0 fully saturated rings. The van der Waals surface area contributed by atoms with Gasteiger partial charge in [0.1, 0.15) is 17.3 Å². The standard InChI is InChI=1S/C22H16F4N2O/c23-20-17(6-1-7-18(20)22(24,25)26)19-9-8-16(29-19)12-14-4-3-11-28-21(14)15-5-2-10-27-13-15/h1-2,5-10,12-13H,3-4,11H2. The van der Waals surface area contributed by atoms with E-state index in [2.05, 4.69) is 9.98 Å². The van der Waals surface area contributed by atoms with Crippen molar-refractivity contribution in [3.63, 3.8) is 0 Å². The Bertz CT molecular complexity index is 1080. The molecule has 1 aliphatic heterocycles. The first kappa shape index (κ1) is 19.1. The van der Waals surface area contributed by atoms with Gasteiger partial charge in [0.15, 0.2) is 0 Å². The molecule has 0 N–H and O–H groups in total. The van der Waals surface area contributed by atoms with Crippen LogP contribution in [0.25, 0.3) is 17.4 Å². The number of aromatic nitrogens is 1. The second kappa shape index (κ2) is 7.66. The van der Waals surface area contributed by atoms with E-state index in [0.29, 0.717) is 18.4 Å². The van der Waals surface area contributed by atoms with Crippen molar-refractivity contribution >= 4 is 11.8 Å². The summed E-state index contributed by atoms with van der Waals surface area (Å²) in [4.78, 5) is 8.69. The molecule has 0 saturated carbocycles. The molecule has 0 radical (unpaired) electrons. The van der Waals surface area contributed by atoms with E-state index in [1.54, 1.807) is 24.5 Å². The van der Waals surface area contributed by atoms with E-state index >= 15 is 0 Å². The van der Waals surface area contributed by atoms with Crippen molar-refractivity contribution in [2.75, 3.05) is 6.54 Å². The Morgan fingerprint density at radius 1 is 1.03 bits per heavy atom. The van der Waals surface area contributed by atoms with Gasteiger partial charge >= 0.3 is 6.18 Å². The lowest BCUT2D eigenvalue weighted by Crippen LogP contribution is -2.11. The largest absolute Gasteiger partial charge is 0.457 e. The summed E-state index contributed by atoms with van der Waals surface area (Å²) in [6, 6.07) is 9.96. The molecule has 0 aliphatic carbocycles. The lowest BCUT2D eigenvalue weighted by Gasteiger charge is -2.15. The SMILES string of the molecule is Fc1c(-c2ccc(C=C3CCCN=C3c3cccnc3)o2)cccc1C(F)(F)F. The lowest BCUT2D eigenvalue weighted by atomic mass is 9.96. The molecule has 4 rings (SSSR count). The summed E-state index contributed by atoms with van der Waals surface area (Å²) in [6.45, 7) is 0.709. The van der Waals surface area contributed by atoms with Crippen LogP contribution in [-0.4, -0.2) is 17.2 Å². The van der Waals surface area contributed by atoms with E-state index in [9.17, 15) is 17.6 Å². The second-order valence-corrected chi connectivity index (χ2v) is 6.61. The Hall–Kier alpha value is -3.22. The quantitative estimate of drug-likeness (QED) is 0.494. The molecule has 0 unspecified atom stereocenters. The zero-order valence-corrected chi connectivity index (χ0v) is 15.2. The molecule has 148 valence electrons. The Labute approximate surface area is 164 Å². The Morgan fingerprint density at radius 3 is 2.66 bits per heavy atom. The predicted octanol–water partition coefficient (Wildman–Crippen LogP) is 6.17. The van der Waals surface area contributed by atoms with Gasteiger partial charge in [0.2, 0.25) is 0 Å². The van der Waals surface area contributed by atoms with Gasteiger partial charge in [-0.05, 0) is 60.9 Å². The van der Waals surface area contributed by atoms with Crippen molar-refractivity contribution in [2.24, 2.45) is 4.99 Å². The summed E-state index contributed by atoms with van der Waals surface area (Å²) in [5.41, 5.74) is 1.09. The smallest absolute Gasteiger partial charge is 0.419 e. The number of nitrogens with zero attached hydrogens (tertiary/aromatic N) is 2. The van der Waals surface area contributed by atoms with Crippen LogP contribution in [0, 0.1) is 5.82 Å². The number of alkyl halides is 3. The molecule has 29 heavy (non-hydrogen) atoms.